The van der Waals surface area contributed by atoms with Crippen LogP contribution in [0.4, 0.5) is 0 Å². The Bertz CT molecular complexity index is 459. The summed E-state index contributed by atoms with van der Waals surface area (Å²) in [4.78, 5) is 2.58. The lowest BCUT2D eigenvalue weighted by Crippen LogP contribution is -2.39. The second-order valence-electron chi connectivity index (χ2n) is 5.94. The van der Waals surface area contributed by atoms with E-state index in [9.17, 15) is 0 Å². The smallest absolute Gasteiger partial charge is 0.123 e. The number of hydrogen-bond donors (Lipinski definition) is 1. The molecule has 2 rings (SSSR count). The first kappa shape index (κ1) is 16.3. The molecule has 1 heterocycles. The number of nitrogens with one attached hydrogen (secondary N) is 1. The quantitative estimate of drug-likeness (QED) is 0.779. The van der Waals surface area contributed by atoms with Gasteiger partial charge in [-0.1, -0.05) is 26.8 Å². The first-order valence-electron chi connectivity index (χ1n) is 8.36. The van der Waals surface area contributed by atoms with Crippen LogP contribution in [0.25, 0.3) is 0 Å². The van der Waals surface area contributed by atoms with Crippen LogP contribution in [-0.2, 0) is 19.5 Å². The highest BCUT2D eigenvalue weighted by atomic mass is 16.5. The molecule has 1 aliphatic rings. The fourth-order valence-corrected chi connectivity index (χ4v) is 3.29. The third-order valence-corrected chi connectivity index (χ3v) is 4.57. The van der Waals surface area contributed by atoms with E-state index in [0.29, 0.717) is 6.04 Å². The number of methoxy groups -OCH3 is 1. The highest BCUT2D eigenvalue weighted by molar-refractivity contribution is 5.44. The van der Waals surface area contributed by atoms with Gasteiger partial charge in [0, 0.05) is 24.7 Å². The lowest BCUT2D eigenvalue weighted by atomic mass is 9.90. The topological polar surface area (TPSA) is 24.5 Å². The van der Waals surface area contributed by atoms with Crippen LogP contribution in [0, 0.1) is 0 Å². The summed E-state index contributed by atoms with van der Waals surface area (Å²) in [6.07, 6.45) is 3.56. The predicted octanol–water partition coefficient (Wildman–Crippen LogP) is 3.35. The van der Waals surface area contributed by atoms with E-state index < -0.39 is 0 Å². The van der Waals surface area contributed by atoms with Gasteiger partial charge in [0.15, 0.2) is 0 Å². The maximum atomic E-state index is 5.61. The van der Waals surface area contributed by atoms with E-state index in [0.717, 1.165) is 38.3 Å². The standard InChI is InChI=1S/C18H30N2O/c1-5-8-19-12-15-9-14-10-17(6-2)20(7-3)13-16(14)11-18(15)21-4/h9,11,17,19H,5-8,10,12-13H2,1-4H3. The van der Waals surface area contributed by atoms with Crippen molar-refractivity contribution in [1.29, 1.82) is 0 Å². The Morgan fingerprint density at radius 3 is 2.67 bits per heavy atom. The number of fused-ring (bicyclic) bond motifs is 1. The van der Waals surface area contributed by atoms with Gasteiger partial charge in [0.05, 0.1) is 7.11 Å². The van der Waals surface area contributed by atoms with Gasteiger partial charge >= 0.3 is 0 Å². The molecule has 1 atom stereocenters. The molecule has 0 aliphatic carbocycles. The summed E-state index contributed by atoms with van der Waals surface area (Å²) in [5, 5.41) is 3.49. The normalized spacial score (nSPS) is 18.6. The van der Waals surface area contributed by atoms with Gasteiger partial charge in [0.25, 0.3) is 0 Å². The van der Waals surface area contributed by atoms with Crippen LogP contribution in [0.3, 0.4) is 0 Å². The molecule has 1 aromatic carbocycles. The highest BCUT2D eigenvalue weighted by Gasteiger charge is 2.24. The summed E-state index contributed by atoms with van der Waals surface area (Å²) in [6.45, 7) is 10.9. The zero-order valence-corrected chi connectivity index (χ0v) is 14.0. The minimum atomic E-state index is 0.687. The molecule has 3 nitrogen and oxygen atoms in total. The number of ether oxygens (including phenoxy) is 1. The van der Waals surface area contributed by atoms with Crippen molar-refractivity contribution in [3.05, 3.63) is 28.8 Å². The Hall–Kier alpha value is -1.06. The molecule has 0 spiro atoms. The van der Waals surface area contributed by atoms with Crippen molar-refractivity contribution in [2.75, 3.05) is 20.2 Å². The molecule has 0 fully saturated rings. The molecule has 1 N–H and O–H groups in total. The fraction of sp³-hybridized carbons (Fsp3) is 0.667. The van der Waals surface area contributed by atoms with Gasteiger partial charge in [-0.25, -0.2) is 0 Å². The Kier molecular flexibility index (Phi) is 6.07. The number of nitrogens with zero attached hydrogens (tertiary/aromatic N) is 1. The van der Waals surface area contributed by atoms with Gasteiger partial charge in [0.1, 0.15) is 5.75 Å². The maximum Gasteiger partial charge on any atom is 0.123 e. The molecule has 0 radical (unpaired) electrons. The molecule has 118 valence electrons. The molecule has 0 amide bonds. The lowest BCUT2D eigenvalue weighted by molar-refractivity contribution is 0.176. The van der Waals surface area contributed by atoms with Crippen LogP contribution in [0.2, 0.25) is 0 Å². The van der Waals surface area contributed by atoms with Crippen molar-refractivity contribution in [2.24, 2.45) is 0 Å². The summed E-state index contributed by atoms with van der Waals surface area (Å²) < 4.78 is 5.61. The molecule has 0 saturated heterocycles. The molecule has 1 unspecified atom stereocenters. The van der Waals surface area contributed by atoms with Crippen molar-refractivity contribution in [3.8, 4) is 5.75 Å². The van der Waals surface area contributed by atoms with Crippen LogP contribution in [-0.4, -0.2) is 31.1 Å². The molecule has 1 aliphatic heterocycles. The number of benzene rings is 1. The van der Waals surface area contributed by atoms with E-state index in [4.69, 9.17) is 4.74 Å². The van der Waals surface area contributed by atoms with Crippen molar-refractivity contribution in [3.63, 3.8) is 0 Å². The van der Waals surface area contributed by atoms with Crippen LogP contribution >= 0.6 is 0 Å². The van der Waals surface area contributed by atoms with Crippen molar-refractivity contribution in [2.45, 2.75) is 59.2 Å². The van der Waals surface area contributed by atoms with Crippen molar-refractivity contribution < 1.29 is 4.74 Å². The SMILES string of the molecule is CCCNCc1cc2c(cc1OC)CN(CC)C(CC)C2. The van der Waals surface area contributed by atoms with Crippen LogP contribution in [0.15, 0.2) is 12.1 Å². The van der Waals surface area contributed by atoms with Gasteiger partial charge in [-0.05, 0) is 49.5 Å². The van der Waals surface area contributed by atoms with Crippen molar-refractivity contribution >= 4 is 0 Å². The third-order valence-electron chi connectivity index (χ3n) is 4.57. The molecule has 21 heavy (non-hydrogen) atoms. The molecule has 0 saturated carbocycles. The fourth-order valence-electron chi connectivity index (χ4n) is 3.29. The first-order valence-corrected chi connectivity index (χ1v) is 8.36. The number of rotatable bonds is 7. The highest BCUT2D eigenvalue weighted by Crippen LogP contribution is 2.30. The van der Waals surface area contributed by atoms with E-state index >= 15 is 0 Å². The molecule has 0 aromatic heterocycles. The van der Waals surface area contributed by atoms with Gasteiger partial charge < -0.3 is 10.1 Å². The summed E-state index contributed by atoms with van der Waals surface area (Å²) >= 11 is 0. The molecular formula is C18H30N2O. The van der Waals surface area contributed by atoms with E-state index in [1.165, 1.54) is 29.5 Å². The number of hydrogen-bond acceptors (Lipinski definition) is 3. The average molecular weight is 290 g/mol. The van der Waals surface area contributed by atoms with Gasteiger partial charge in [0.2, 0.25) is 0 Å². The molecule has 1 aromatic rings. The summed E-state index contributed by atoms with van der Waals surface area (Å²) in [6, 6.07) is 5.31. The van der Waals surface area contributed by atoms with E-state index in [-0.39, 0.29) is 0 Å². The monoisotopic (exact) mass is 290 g/mol. The van der Waals surface area contributed by atoms with Gasteiger partial charge in [-0.2, -0.15) is 0 Å². The Labute approximate surface area is 129 Å². The van der Waals surface area contributed by atoms with Crippen molar-refractivity contribution in [1.82, 2.24) is 10.2 Å². The predicted molar refractivity (Wildman–Crippen MR) is 88.9 cm³/mol. The summed E-state index contributed by atoms with van der Waals surface area (Å²) in [7, 11) is 1.78. The molecule has 0 bridgehead atoms. The Balaban J connectivity index is 2.23. The average Bonchev–Trinajstić information content (AvgIpc) is 2.53. The second-order valence-corrected chi connectivity index (χ2v) is 5.94. The Morgan fingerprint density at radius 1 is 1.24 bits per heavy atom. The van der Waals surface area contributed by atoms with E-state index in [1.54, 1.807) is 7.11 Å². The zero-order valence-electron chi connectivity index (χ0n) is 14.0. The summed E-state index contributed by atoms with van der Waals surface area (Å²) in [5.41, 5.74) is 4.25. The van der Waals surface area contributed by atoms with Gasteiger partial charge in [-0.15, -0.1) is 0 Å². The maximum absolute atomic E-state index is 5.61. The molecular weight excluding hydrogens is 260 g/mol. The lowest BCUT2D eigenvalue weighted by Gasteiger charge is -2.36. The first-order chi connectivity index (χ1) is 10.2. The zero-order chi connectivity index (χ0) is 15.2. The minimum Gasteiger partial charge on any atom is -0.496 e. The largest absolute Gasteiger partial charge is 0.496 e. The minimum absolute atomic E-state index is 0.687. The molecule has 3 heteroatoms. The number of likely N-dealkylation sites (N-methyl/N-ethyl adjacent to an activating group) is 1. The van der Waals surface area contributed by atoms with Crippen LogP contribution in [0.1, 0.15) is 50.3 Å². The van der Waals surface area contributed by atoms with Crippen LogP contribution in [0.5, 0.6) is 5.75 Å². The van der Waals surface area contributed by atoms with Crippen LogP contribution < -0.4 is 10.1 Å². The van der Waals surface area contributed by atoms with Gasteiger partial charge in [-0.3, -0.25) is 4.90 Å². The van der Waals surface area contributed by atoms with E-state index in [2.05, 4.69) is 43.1 Å². The Morgan fingerprint density at radius 2 is 2.05 bits per heavy atom. The van der Waals surface area contributed by atoms with E-state index in [1.807, 2.05) is 0 Å². The second kappa shape index (κ2) is 7.81. The summed E-state index contributed by atoms with van der Waals surface area (Å²) in [5.74, 6) is 1.03. The third kappa shape index (κ3) is 3.78.